The highest BCUT2D eigenvalue weighted by Gasteiger charge is 2.17. The summed E-state index contributed by atoms with van der Waals surface area (Å²) in [5.74, 6) is -1.45. The van der Waals surface area contributed by atoms with E-state index in [1.807, 2.05) is 6.07 Å². The fourth-order valence-corrected chi connectivity index (χ4v) is 2.08. The van der Waals surface area contributed by atoms with Gasteiger partial charge in [-0.1, -0.05) is 17.3 Å². The Hall–Kier alpha value is -2.90. The van der Waals surface area contributed by atoms with Gasteiger partial charge in [-0.3, -0.25) is 14.4 Å². The third-order valence-electron chi connectivity index (χ3n) is 3.25. The van der Waals surface area contributed by atoms with Gasteiger partial charge in [0.05, 0.1) is 6.42 Å². The number of aromatic nitrogens is 1. The molecular formula is C16H19N3O5. The third-order valence-corrected chi connectivity index (χ3v) is 3.25. The van der Waals surface area contributed by atoms with Crippen LogP contribution in [0.3, 0.4) is 0 Å². The Bertz CT molecular complexity index is 740. The van der Waals surface area contributed by atoms with Crippen molar-refractivity contribution < 1.29 is 23.6 Å². The number of rotatable bonds is 7. The van der Waals surface area contributed by atoms with Crippen LogP contribution < -0.4 is 10.6 Å². The van der Waals surface area contributed by atoms with Crippen molar-refractivity contribution in [2.45, 2.75) is 26.3 Å². The van der Waals surface area contributed by atoms with Gasteiger partial charge >= 0.3 is 5.97 Å². The number of nitrogens with one attached hydrogen (secondary N) is 2. The number of hydrogen-bond donors (Lipinski definition) is 2. The van der Waals surface area contributed by atoms with Crippen molar-refractivity contribution in [3.63, 3.8) is 0 Å². The van der Waals surface area contributed by atoms with E-state index in [4.69, 9.17) is 9.26 Å². The third kappa shape index (κ3) is 4.55. The van der Waals surface area contributed by atoms with Crippen molar-refractivity contribution in [1.82, 2.24) is 15.8 Å². The minimum atomic E-state index is -0.698. The molecule has 0 aliphatic carbocycles. The molecule has 0 spiro atoms. The molecule has 0 aliphatic rings. The average molecular weight is 333 g/mol. The molecule has 0 fully saturated rings. The standard InChI is InChI=1S/C16H19N3O5/c1-3-17-16(22)10(2)18-14(20)9-23-15(21)8-12-11-6-4-5-7-13(11)24-19-12/h4-7,10H,3,8-9H2,1-2H3,(H,17,22)(H,18,20)/t10-/m0/s1. The lowest BCUT2D eigenvalue weighted by atomic mass is 10.2. The zero-order valence-electron chi connectivity index (χ0n) is 13.5. The molecule has 2 N–H and O–H groups in total. The fraction of sp³-hybridized carbons (Fsp3) is 0.375. The molecule has 0 saturated carbocycles. The van der Waals surface area contributed by atoms with E-state index < -0.39 is 24.5 Å². The lowest BCUT2D eigenvalue weighted by Gasteiger charge is -2.13. The molecule has 128 valence electrons. The monoisotopic (exact) mass is 333 g/mol. The average Bonchev–Trinajstić information content (AvgIpc) is 2.96. The van der Waals surface area contributed by atoms with Crippen molar-refractivity contribution in [3.05, 3.63) is 30.0 Å². The number of hydrogen-bond acceptors (Lipinski definition) is 6. The summed E-state index contributed by atoms with van der Waals surface area (Å²) in [4.78, 5) is 35.0. The van der Waals surface area contributed by atoms with Crippen LogP contribution in [-0.2, 0) is 25.5 Å². The minimum Gasteiger partial charge on any atom is -0.455 e. The topological polar surface area (TPSA) is 111 Å². The first kappa shape index (κ1) is 17.5. The zero-order valence-corrected chi connectivity index (χ0v) is 13.5. The molecule has 2 rings (SSSR count). The van der Waals surface area contributed by atoms with Crippen LogP contribution in [0.4, 0.5) is 0 Å². The molecule has 24 heavy (non-hydrogen) atoms. The highest BCUT2D eigenvalue weighted by molar-refractivity contribution is 5.89. The van der Waals surface area contributed by atoms with E-state index in [0.717, 1.165) is 5.39 Å². The molecule has 0 radical (unpaired) electrons. The number of esters is 1. The van der Waals surface area contributed by atoms with Crippen LogP contribution in [0.5, 0.6) is 0 Å². The second-order valence-electron chi connectivity index (χ2n) is 5.15. The smallest absolute Gasteiger partial charge is 0.312 e. The van der Waals surface area contributed by atoms with E-state index in [1.54, 1.807) is 32.0 Å². The molecule has 1 aromatic carbocycles. The van der Waals surface area contributed by atoms with Gasteiger partial charge in [0.1, 0.15) is 11.7 Å². The predicted molar refractivity (Wildman–Crippen MR) is 85.0 cm³/mol. The van der Waals surface area contributed by atoms with Gasteiger partial charge in [-0.15, -0.1) is 0 Å². The fourth-order valence-electron chi connectivity index (χ4n) is 2.08. The van der Waals surface area contributed by atoms with E-state index in [9.17, 15) is 14.4 Å². The van der Waals surface area contributed by atoms with Gasteiger partial charge in [-0.2, -0.15) is 0 Å². The Labute approximate surface area is 138 Å². The summed E-state index contributed by atoms with van der Waals surface area (Å²) in [6.45, 7) is 3.34. The van der Waals surface area contributed by atoms with Crippen molar-refractivity contribution in [1.29, 1.82) is 0 Å². The summed E-state index contributed by atoms with van der Waals surface area (Å²) >= 11 is 0. The van der Waals surface area contributed by atoms with Gasteiger partial charge in [-0.25, -0.2) is 0 Å². The van der Waals surface area contributed by atoms with E-state index >= 15 is 0 Å². The number of nitrogens with zero attached hydrogens (tertiary/aromatic N) is 1. The summed E-state index contributed by atoms with van der Waals surface area (Å²) in [5, 5.41) is 9.58. The Morgan fingerprint density at radius 2 is 2.04 bits per heavy atom. The molecule has 8 nitrogen and oxygen atoms in total. The highest BCUT2D eigenvalue weighted by Crippen LogP contribution is 2.18. The number of likely N-dealkylation sites (N-methyl/N-ethyl adjacent to an activating group) is 1. The zero-order chi connectivity index (χ0) is 17.5. The molecule has 1 aromatic heterocycles. The van der Waals surface area contributed by atoms with Gasteiger partial charge in [0.25, 0.3) is 5.91 Å². The van der Waals surface area contributed by atoms with E-state index in [2.05, 4.69) is 15.8 Å². The molecule has 0 bridgehead atoms. The van der Waals surface area contributed by atoms with Crippen LogP contribution >= 0.6 is 0 Å². The second kappa shape index (κ2) is 8.09. The Morgan fingerprint density at radius 1 is 1.29 bits per heavy atom. The summed E-state index contributed by atoms with van der Waals surface area (Å²) < 4.78 is 10.00. The SMILES string of the molecule is CCNC(=O)[C@H](C)NC(=O)COC(=O)Cc1noc2ccccc12. The summed E-state index contributed by atoms with van der Waals surface area (Å²) in [5.41, 5.74) is 1.03. The molecule has 8 heteroatoms. The highest BCUT2D eigenvalue weighted by atomic mass is 16.5. The second-order valence-corrected chi connectivity index (χ2v) is 5.15. The number of benzene rings is 1. The maximum Gasteiger partial charge on any atom is 0.312 e. The van der Waals surface area contributed by atoms with Crippen LogP contribution in [-0.4, -0.2) is 42.1 Å². The number of carbonyl (C=O) groups excluding carboxylic acids is 3. The van der Waals surface area contributed by atoms with Crippen molar-refractivity contribution in [3.8, 4) is 0 Å². The summed E-state index contributed by atoms with van der Waals surface area (Å²) in [6.07, 6.45) is -0.101. The molecule has 0 aliphatic heterocycles. The Kier molecular flexibility index (Phi) is 5.89. The normalized spacial score (nSPS) is 11.8. The van der Waals surface area contributed by atoms with Crippen LogP contribution in [0.25, 0.3) is 11.0 Å². The minimum absolute atomic E-state index is 0.101. The summed E-state index contributed by atoms with van der Waals surface area (Å²) in [6, 6.07) is 6.44. The number of carbonyl (C=O) groups is 3. The number of para-hydroxylation sites is 1. The van der Waals surface area contributed by atoms with Crippen LogP contribution in [0.1, 0.15) is 19.5 Å². The Morgan fingerprint density at radius 3 is 2.79 bits per heavy atom. The van der Waals surface area contributed by atoms with Crippen LogP contribution in [0.2, 0.25) is 0 Å². The Balaban J connectivity index is 1.80. The van der Waals surface area contributed by atoms with Crippen molar-refractivity contribution >= 4 is 28.8 Å². The van der Waals surface area contributed by atoms with Gasteiger partial charge in [-0.05, 0) is 26.0 Å². The van der Waals surface area contributed by atoms with Gasteiger partial charge in [0.15, 0.2) is 12.2 Å². The number of ether oxygens (including phenoxy) is 1. The lowest BCUT2D eigenvalue weighted by Crippen LogP contribution is -2.46. The van der Waals surface area contributed by atoms with Crippen LogP contribution in [0, 0.1) is 0 Å². The first-order valence-electron chi connectivity index (χ1n) is 7.57. The quantitative estimate of drug-likeness (QED) is 0.716. The van der Waals surface area contributed by atoms with Crippen molar-refractivity contribution in [2.24, 2.45) is 0 Å². The first-order chi connectivity index (χ1) is 11.5. The number of fused-ring (bicyclic) bond motifs is 1. The van der Waals surface area contributed by atoms with Gasteiger partial charge in [0, 0.05) is 11.9 Å². The maximum atomic E-state index is 11.8. The molecule has 2 amide bonds. The van der Waals surface area contributed by atoms with E-state index in [-0.39, 0.29) is 12.3 Å². The molecule has 1 heterocycles. The predicted octanol–water partition coefficient (Wildman–Crippen LogP) is 0.554. The van der Waals surface area contributed by atoms with Crippen LogP contribution in [0.15, 0.2) is 28.8 Å². The molecular weight excluding hydrogens is 314 g/mol. The number of amides is 2. The molecule has 2 aromatic rings. The lowest BCUT2D eigenvalue weighted by molar-refractivity contribution is -0.148. The largest absolute Gasteiger partial charge is 0.455 e. The maximum absolute atomic E-state index is 11.8. The molecule has 0 unspecified atom stereocenters. The van der Waals surface area contributed by atoms with Gasteiger partial charge in [0.2, 0.25) is 5.91 Å². The van der Waals surface area contributed by atoms with E-state index in [1.165, 1.54) is 0 Å². The van der Waals surface area contributed by atoms with Crippen molar-refractivity contribution in [2.75, 3.05) is 13.2 Å². The molecule has 0 saturated heterocycles. The first-order valence-corrected chi connectivity index (χ1v) is 7.57. The van der Waals surface area contributed by atoms with Gasteiger partial charge < -0.3 is 19.9 Å². The summed E-state index contributed by atoms with van der Waals surface area (Å²) in [7, 11) is 0. The van der Waals surface area contributed by atoms with E-state index in [0.29, 0.717) is 17.8 Å². The molecule has 1 atom stereocenters.